The first-order valence-corrected chi connectivity index (χ1v) is 8.09. The maximum absolute atomic E-state index is 14.1. The third kappa shape index (κ3) is 3.18. The molecule has 2 aromatic carbocycles. The first kappa shape index (κ1) is 16.6. The number of para-hydroxylation sites is 1. The molecule has 1 aliphatic rings. The largest absolute Gasteiger partial charge is 0.405 e. The average molecular weight is 328 g/mol. The number of fused-ring (bicyclic) bond motifs is 1. The van der Waals surface area contributed by atoms with E-state index in [4.69, 9.17) is 10.6 Å². The van der Waals surface area contributed by atoms with Gasteiger partial charge in [0.05, 0.1) is 0 Å². The van der Waals surface area contributed by atoms with Gasteiger partial charge in [0.2, 0.25) is 0 Å². The first-order valence-electron chi connectivity index (χ1n) is 8.09. The van der Waals surface area contributed by atoms with Gasteiger partial charge in [-0.2, -0.15) is 5.48 Å². The van der Waals surface area contributed by atoms with E-state index in [1.54, 1.807) is 6.07 Å². The van der Waals surface area contributed by atoms with Crippen LogP contribution in [0.3, 0.4) is 0 Å². The molecule has 24 heavy (non-hydrogen) atoms. The third-order valence-electron chi connectivity index (χ3n) is 4.54. The van der Waals surface area contributed by atoms with Crippen LogP contribution in [0.5, 0.6) is 5.75 Å². The Morgan fingerprint density at radius 2 is 2.21 bits per heavy atom. The third-order valence-corrected chi connectivity index (χ3v) is 4.54. The lowest BCUT2D eigenvalue weighted by Crippen LogP contribution is -2.18. The summed E-state index contributed by atoms with van der Waals surface area (Å²) in [5.74, 6) is -0.116. The summed E-state index contributed by atoms with van der Waals surface area (Å²) in [6, 6.07) is 10.7. The summed E-state index contributed by atoms with van der Waals surface area (Å²) in [4.78, 5) is 16.1. The molecule has 2 aromatic rings. The maximum atomic E-state index is 14.1. The molecule has 0 radical (unpaired) electrons. The number of nitrogens with two attached hydrogens (primary N) is 1. The molecule has 1 aliphatic heterocycles. The number of hydrogen-bond donors (Lipinski definition) is 2. The van der Waals surface area contributed by atoms with Crippen molar-refractivity contribution < 1.29 is 14.0 Å². The van der Waals surface area contributed by atoms with Crippen LogP contribution < -0.4 is 16.1 Å². The van der Waals surface area contributed by atoms with Crippen molar-refractivity contribution in [3.63, 3.8) is 0 Å². The molecule has 0 saturated heterocycles. The number of benzene rings is 2. The Bertz CT molecular complexity index is 748. The molecule has 3 rings (SSSR count). The molecular formula is C19H21FN2O2. The highest BCUT2D eigenvalue weighted by atomic mass is 19.1. The number of carbonyl (C=O) groups excluding carboxylic acids is 1. The highest BCUT2D eigenvalue weighted by Crippen LogP contribution is 2.39. The molecule has 0 aromatic heterocycles. The number of rotatable bonds is 4. The Hall–Kier alpha value is -2.24. The molecule has 0 fully saturated rings. The van der Waals surface area contributed by atoms with Gasteiger partial charge in [-0.3, -0.25) is 0 Å². The predicted octanol–water partition coefficient (Wildman–Crippen LogP) is 3.14. The van der Waals surface area contributed by atoms with Crippen LogP contribution in [0.15, 0.2) is 36.4 Å². The highest BCUT2D eigenvalue weighted by Gasteiger charge is 2.25. The van der Waals surface area contributed by atoms with Gasteiger partial charge in [0.1, 0.15) is 6.29 Å². The normalized spacial score (nSPS) is 18.2. The maximum Gasteiger partial charge on any atom is 0.186 e. The van der Waals surface area contributed by atoms with Crippen molar-refractivity contribution in [1.29, 1.82) is 0 Å². The molecule has 126 valence electrons. The van der Waals surface area contributed by atoms with E-state index in [1.807, 2.05) is 31.2 Å². The Balaban J connectivity index is 2.07. The molecule has 0 saturated carbocycles. The minimum Gasteiger partial charge on any atom is -0.405 e. The fourth-order valence-corrected chi connectivity index (χ4v) is 3.22. The van der Waals surface area contributed by atoms with Gasteiger partial charge in [-0.05, 0) is 36.1 Å². The standard InChI is InChI=1S/C19H21FN2O2/c1-12-5-6-13(18(21)8-10-23)11-16(12)14-7-9-22-24-19-15(14)3-2-4-17(19)20/h2-6,10-11,14,18,22H,7-9,21H2,1H3/t14?,18-/m0/s1. The zero-order valence-corrected chi connectivity index (χ0v) is 13.6. The molecule has 0 spiro atoms. The zero-order valence-electron chi connectivity index (χ0n) is 13.6. The Kier molecular flexibility index (Phi) is 4.92. The minimum atomic E-state index is -0.377. The number of aryl methyl sites for hydroxylation is 1. The summed E-state index contributed by atoms with van der Waals surface area (Å²) in [6.45, 7) is 2.64. The molecular weight excluding hydrogens is 307 g/mol. The van der Waals surface area contributed by atoms with Crippen molar-refractivity contribution in [2.45, 2.75) is 31.7 Å². The average Bonchev–Trinajstić information content (AvgIpc) is 2.79. The Morgan fingerprint density at radius 3 is 3.00 bits per heavy atom. The summed E-state index contributed by atoms with van der Waals surface area (Å²) < 4.78 is 14.1. The fraction of sp³-hybridized carbons (Fsp3) is 0.316. The van der Waals surface area contributed by atoms with Crippen molar-refractivity contribution in [2.75, 3.05) is 6.54 Å². The van der Waals surface area contributed by atoms with Crippen LogP contribution in [0.1, 0.15) is 47.1 Å². The SMILES string of the molecule is Cc1ccc([C@@H](N)CC=O)cc1C1CCNOc2c(F)cccc21. The van der Waals surface area contributed by atoms with E-state index in [0.29, 0.717) is 6.54 Å². The van der Waals surface area contributed by atoms with E-state index in [2.05, 4.69) is 5.48 Å². The van der Waals surface area contributed by atoms with Crippen LogP contribution in [0.2, 0.25) is 0 Å². The van der Waals surface area contributed by atoms with Gasteiger partial charge in [-0.1, -0.05) is 30.3 Å². The molecule has 5 heteroatoms. The zero-order chi connectivity index (χ0) is 17.1. The van der Waals surface area contributed by atoms with Gasteiger partial charge < -0.3 is 15.4 Å². The quantitative estimate of drug-likeness (QED) is 0.846. The molecule has 0 bridgehead atoms. The van der Waals surface area contributed by atoms with E-state index >= 15 is 0 Å². The summed E-state index contributed by atoms with van der Waals surface area (Å²) in [5.41, 5.74) is 12.8. The summed E-state index contributed by atoms with van der Waals surface area (Å²) >= 11 is 0. The van der Waals surface area contributed by atoms with Gasteiger partial charge in [0, 0.05) is 30.5 Å². The van der Waals surface area contributed by atoms with Gasteiger partial charge in [-0.25, -0.2) is 4.39 Å². The van der Waals surface area contributed by atoms with Crippen LogP contribution in [0, 0.1) is 12.7 Å². The van der Waals surface area contributed by atoms with Crippen LogP contribution >= 0.6 is 0 Å². The van der Waals surface area contributed by atoms with Crippen molar-refractivity contribution in [3.05, 3.63) is 64.5 Å². The second-order valence-electron chi connectivity index (χ2n) is 6.12. The van der Waals surface area contributed by atoms with Crippen molar-refractivity contribution in [2.24, 2.45) is 5.73 Å². The topological polar surface area (TPSA) is 64.4 Å². The molecule has 4 nitrogen and oxygen atoms in total. The number of nitrogens with one attached hydrogen (secondary N) is 1. The van der Waals surface area contributed by atoms with Crippen LogP contribution in [0.25, 0.3) is 0 Å². The number of halogens is 1. The van der Waals surface area contributed by atoms with Crippen LogP contribution in [0.4, 0.5) is 4.39 Å². The lowest BCUT2D eigenvalue weighted by atomic mass is 9.84. The van der Waals surface area contributed by atoms with E-state index < -0.39 is 0 Å². The fourth-order valence-electron chi connectivity index (χ4n) is 3.22. The van der Waals surface area contributed by atoms with Gasteiger partial charge >= 0.3 is 0 Å². The van der Waals surface area contributed by atoms with E-state index in [0.717, 1.165) is 35.0 Å². The lowest BCUT2D eigenvalue weighted by Gasteiger charge is -2.21. The van der Waals surface area contributed by atoms with Gasteiger partial charge in [0.15, 0.2) is 11.6 Å². The molecule has 3 N–H and O–H groups in total. The summed E-state index contributed by atoms with van der Waals surface area (Å²) in [6.07, 6.45) is 1.89. The monoisotopic (exact) mass is 328 g/mol. The Labute approximate surface area is 140 Å². The van der Waals surface area contributed by atoms with Gasteiger partial charge in [-0.15, -0.1) is 0 Å². The second kappa shape index (κ2) is 7.11. The smallest absolute Gasteiger partial charge is 0.186 e. The summed E-state index contributed by atoms with van der Waals surface area (Å²) in [7, 11) is 0. The van der Waals surface area contributed by atoms with E-state index in [-0.39, 0.29) is 29.9 Å². The molecule has 2 atom stereocenters. The highest BCUT2D eigenvalue weighted by molar-refractivity contribution is 5.52. The molecule has 0 amide bonds. The number of hydrogen-bond acceptors (Lipinski definition) is 4. The number of hydroxylamine groups is 1. The van der Waals surface area contributed by atoms with Crippen molar-refractivity contribution in [1.82, 2.24) is 5.48 Å². The van der Waals surface area contributed by atoms with E-state index in [9.17, 15) is 9.18 Å². The lowest BCUT2D eigenvalue weighted by molar-refractivity contribution is -0.108. The van der Waals surface area contributed by atoms with Crippen LogP contribution in [-0.4, -0.2) is 12.8 Å². The van der Waals surface area contributed by atoms with Crippen molar-refractivity contribution in [3.8, 4) is 5.75 Å². The second-order valence-corrected chi connectivity index (χ2v) is 6.12. The summed E-state index contributed by atoms with van der Waals surface area (Å²) in [5, 5.41) is 0. The molecule has 1 unspecified atom stereocenters. The molecule has 0 aliphatic carbocycles. The van der Waals surface area contributed by atoms with Crippen LogP contribution in [-0.2, 0) is 4.79 Å². The number of aldehydes is 1. The van der Waals surface area contributed by atoms with Crippen molar-refractivity contribution >= 4 is 6.29 Å². The van der Waals surface area contributed by atoms with Gasteiger partial charge in [0.25, 0.3) is 0 Å². The minimum absolute atomic E-state index is 0.00841. The first-order chi connectivity index (χ1) is 11.6. The Morgan fingerprint density at radius 1 is 1.38 bits per heavy atom. The molecule has 1 heterocycles. The van der Waals surface area contributed by atoms with E-state index in [1.165, 1.54) is 6.07 Å². The predicted molar refractivity (Wildman–Crippen MR) is 90.3 cm³/mol. The number of carbonyl (C=O) groups is 1.